The Balaban J connectivity index is 2.57. The molecule has 18 heavy (non-hydrogen) atoms. The van der Waals surface area contributed by atoms with E-state index in [2.05, 4.69) is 10.1 Å². The van der Waals surface area contributed by atoms with E-state index in [1.807, 2.05) is 27.8 Å². The van der Waals surface area contributed by atoms with Crippen LogP contribution in [0.2, 0.25) is 0 Å². The predicted octanol–water partition coefficient (Wildman–Crippen LogP) is 2.21. The first-order valence-electron chi connectivity index (χ1n) is 5.64. The second kappa shape index (κ2) is 4.29. The maximum absolute atomic E-state index is 11.1. The summed E-state index contributed by atoms with van der Waals surface area (Å²) in [5.41, 5.74) is 2.05. The fourth-order valence-corrected chi connectivity index (χ4v) is 1.70. The van der Waals surface area contributed by atoms with Crippen molar-refractivity contribution in [2.45, 2.75) is 26.7 Å². The van der Waals surface area contributed by atoms with Crippen LogP contribution in [0.4, 0.5) is 0 Å². The summed E-state index contributed by atoms with van der Waals surface area (Å²) in [6.45, 7) is 5.64. The Hall–Kier alpha value is -2.11. The van der Waals surface area contributed by atoms with Crippen molar-refractivity contribution in [1.29, 1.82) is 0 Å². The molecule has 0 spiro atoms. The zero-order chi connectivity index (χ0) is 13.4. The van der Waals surface area contributed by atoms with Crippen molar-refractivity contribution in [2.75, 3.05) is 0 Å². The highest BCUT2D eigenvalue weighted by molar-refractivity contribution is 5.86. The molecule has 0 aliphatic rings. The highest BCUT2D eigenvalue weighted by Gasteiger charge is 2.23. The smallest absolute Gasteiger partial charge is 0.373 e. The van der Waals surface area contributed by atoms with Crippen molar-refractivity contribution in [3.8, 4) is 11.5 Å². The standard InChI is InChI=1S/C12H15N3O3/c1-6(2)9-10(12(16)17)18-11(14-9)8-5-13-15(4)7(8)3/h5-6H,1-4H3,(H,16,17). The number of rotatable bonds is 3. The number of nitrogens with zero attached hydrogens (tertiary/aromatic N) is 3. The average molecular weight is 249 g/mol. The van der Waals surface area contributed by atoms with Gasteiger partial charge in [-0.25, -0.2) is 9.78 Å². The number of carboxylic acids is 1. The first-order chi connectivity index (χ1) is 8.41. The van der Waals surface area contributed by atoms with Crippen LogP contribution in [0.25, 0.3) is 11.5 Å². The molecule has 0 radical (unpaired) electrons. The van der Waals surface area contributed by atoms with Crippen LogP contribution in [0.1, 0.15) is 41.7 Å². The van der Waals surface area contributed by atoms with Gasteiger partial charge in [-0.3, -0.25) is 4.68 Å². The van der Waals surface area contributed by atoms with Crippen LogP contribution in [-0.2, 0) is 7.05 Å². The number of aromatic nitrogens is 3. The van der Waals surface area contributed by atoms with Crippen LogP contribution in [0.3, 0.4) is 0 Å². The summed E-state index contributed by atoms with van der Waals surface area (Å²) in [6, 6.07) is 0. The van der Waals surface area contributed by atoms with E-state index in [0.29, 0.717) is 17.1 Å². The average Bonchev–Trinajstić information content (AvgIpc) is 2.85. The highest BCUT2D eigenvalue weighted by atomic mass is 16.4. The van der Waals surface area contributed by atoms with Gasteiger partial charge in [0, 0.05) is 12.7 Å². The van der Waals surface area contributed by atoms with Crippen LogP contribution < -0.4 is 0 Å². The van der Waals surface area contributed by atoms with Gasteiger partial charge in [0.25, 0.3) is 0 Å². The Kier molecular flexibility index (Phi) is 2.94. The van der Waals surface area contributed by atoms with Crippen molar-refractivity contribution in [1.82, 2.24) is 14.8 Å². The minimum absolute atomic E-state index is 0.00872. The normalized spacial score (nSPS) is 11.2. The van der Waals surface area contributed by atoms with Gasteiger partial charge >= 0.3 is 5.97 Å². The zero-order valence-electron chi connectivity index (χ0n) is 10.8. The third kappa shape index (κ3) is 1.90. The Morgan fingerprint density at radius 3 is 2.56 bits per heavy atom. The van der Waals surface area contributed by atoms with Gasteiger partial charge in [0.05, 0.1) is 17.5 Å². The number of hydrogen-bond acceptors (Lipinski definition) is 4. The van der Waals surface area contributed by atoms with Gasteiger partial charge in [-0.15, -0.1) is 0 Å². The van der Waals surface area contributed by atoms with E-state index in [4.69, 9.17) is 9.52 Å². The fraction of sp³-hybridized carbons (Fsp3) is 0.417. The third-order valence-electron chi connectivity index (χ3n) is 2.86. The van der Waals surface area contributed by atoms with E-state index in [-0.39, 0.29) is 11.7 Å². The number of carboxylic acid groups (broad SMARTS) is 1. The summed E-state index contributed by atoms with van der Waals surface area (Å²) < 4.78 is 7.04. The number of aromatic carboxylic acids is 1. The van der Waals surface area contributed by atoms with Gasteiger partial charge in [0.1, 0.15) is 0 Å². The first-order valence-corrected chi connectivity index (χ1v) is 5.64. The number of carbonyl (C=O) groups is 1. The molecule has 1 N–H and O–H groups in total. The SMILES string of the molecule is Cc1c(-c2nc(C(C)C)c(C(=O)O)o2)cnn1C. The summed E-state index contributed by atoms with van der Waals surface area (Å²) in [5, 5.41) is 13.2. The molecule has 0 saturated heterocycles. The zero-order valence-corrected chi connectivity index (χ0v) is 10.8. The van der Waals surface area contributed by atoms with Gasteiger partial charge in [-0.1, -0.05) is 13.8 Å². The van der Waals surface area contributed by atoms with Crippen molar-refractivity contribution in [2.24, 2.45) is 7.05 Å². The van der Waals surface area contributed by atoms with E-state index in [1.54, 1.807) is 10.9 Å². The molecule has 0 unspecified atom stereocenters. The minimum Gasteiger partial charge on any atom is -0.475 e. The number of oxazole rings is 1. The molecule has 0 amide bonds. The summed E-state index contributed by atoms with van der Waals surface area (Å²) in [7, 11) is 1.81. The lowest BCUT2D eigenvalue weighted by Gasteiger charge is -1.98. The molecule has 0 aromatic carbocycles. The molecule has 2 aromatic rings. The Bertz CT molecular complexity index is 596. The molecule has 0 aliphatic heterocycles. The van der Waals surface area contributed by atoms with Crippen LogP contribution in [0.5, 0.6) is 0 Å². The lowest BCUT2D eigenvalue weighted by molar-refractivity contribution is 0.0661. The quantitative estimate of drug-likeness (QED) is 0.901. The second-order valence-electron chi connectivity index (χ2n) is 4.46. The summed E-state index contributed by atoms with van der Waals surface area (Å²) >= 11 is 0. The molecular weight excluding hydrogens is 234 g/mol. The molecule has 0 bridgehead atoms. The van der Waals surface area contributed by atoms with E-state index < -0.39 is 5.97 Å². The maximum Gasteiger partial charge on any atom is 0.373 e. The second-order valence-corrected chi connectivity index (χ2v) is 4.46. The van der Waals surface area contributed by atoms with Gasteiger partial charge in [0.15, 0.2) is 0 Å². The van der Waals surface area contributed by atoms with E-state index in [0.717, 1.165) is 5.69 Å². The molecule has 96 valence electrons. The predicted molar refractivity (Wildman–Crippen MR) is 64.5 cm³/mol. The molecule has 2 aromatic heterocycles. The van der Waals surface area contributed by atoms with Crippen molar-refractivity contribution < 1.29 is 14.3 Å². The third-order valence-corrected chi connectivity index (χ3v) is 2.86. The Labute approximate surface area is 104 Å². The van der Waals surface area contributed by atoms with Crippen molar-refractivity contribution in [3.63, 3.8) is 0 Å². The molecule has 6 nitrogen and oxygen atoms in total. The molecule has 6 heteroatoms. The Morgan fingerprint density at radius 2 is 2.17 bits per heavy atom. The topological polar surface area (TPSA) is 81.2 Å². The molecule has 0 atom stereocenters. The minimum atomic E-state index is -1.10. The number of aryl methyl sites for hydroxylation is 1. The molecule has 0 aliphatic carbocycles. The first kappa shape index (κ1) is 12.3. The molecule has 0 fully saturated rings. The van der Waals surface area contributed by atoms with Crippen LogP contribution >= 0.6 is 0 Å². The van der Waals surface area contributed by atoms with Gasteiger partial charge in [0.2, 0.25) is 11.7 Å². The Morgan fingerprint density at radius 1 is 1.50 bits per heavy atom. The number of hydrogen-bond donors (Lipinski definition) is 1. The van der Waals surface area contributed by atoms with Gasteiger partial charge in [-0.05, 0) is 12.8 Å². The lowest BCUT2D eigenvalue weighted by Crippen LogP contribution is -2.01. The van der Waals surface area contributed by atoms with E-state index in [9.17, 15) is 4.79 Å². The van der Waals surface area contributed by atoms with Gasteiger partial charge in [-0.2, -0.15) is 5.10 Å². The largest absolute Gasteiger partial charge is 0.475 e. The maximum atomic E-state index is 11.1. The van der Waals surface area contributed by atoms with Crippen molar-refractivity contribution in [3.05, 3.63) is 23.3 Å². The lowest BCUT2D eigenvalue weighted by atomic mass is 10.1. The van der Waals surface area contributed by atoms with Crippen LogP contribution in [0, 0.1) is 6.92 Å². The van der Waals surface area contributed by atoms with Crippen LogP contribution in [-0.4, -0.2) is 25.8 Å². The molecule has 0 saturated carbocycles. The van der Waals surface area contributed by atoms with Crippen LogP contribution in [0.15, 0.2) is 10.6 Å². The van der Waals surface area contributed by atoms with Crippen molar-refractivity contribution >= 4 is 5.97 Å². The molecular formula is C12H15N3O3. The summed E-state index contributed by atoms with van der Waals surface area (Å²) in [6.07, 6.45) is 1.62. The van der Waals surface area contributed by atoms with E-state index in [1.165, 1.54) is 0 Å². The summed E-state index contributed by atoms with van der Waals surface area (Å²) in [5.74, 6) is -0.894. The fourth-order valence-electron chi connectivity index (χ4n) is 1.70. The monoisotopic (exact) mass is 249 g/mol. The van der Waals surface area contributed by atoms with E-state index >= 15 is 0 Å². The molecule has 2 rings (SSSR count). The highest BCUT2D eigenvalue weighted by Crippen LogP contribution is 2.28. The molecule has 2 heterocycles. The van der Waals surface area contributed by atoms with Gasteiger partial charge < -0.3 is 9.52 Å². The summed E-state index contributed by atoms with van der Waals surface area (Å²) in [4.78, 5) is 15.4.